The second-order valence-corrected chi connectivity index (χ2v) is 7.93. The molecule has 35 heavy (non-hydrogen) atoms. The fraction of sp³-hybridized carbons (Fsp3) is 0.0667. The Hall–Kier alpha value is -4.51. The van der Waals surface area contributed by atoms with Gasteiger partial charge in [-0.3, -0.25) is 0 Å². The highest BCUT2D eigenvalue weighted by Gasteiger charge is 2.15. The van der Waals surface area contributed by atoms with Crippen molar-refractivity contribution in [3.05, 3.63) is 121 Å². The summed E-state index contributed by atoms with van der Waals surface area (Å²) in [7, 11) is 0. The van der Waals surface area contributed by atoms with Gasteiger partial charge in [0.15, 0.2) is 11.6 Å². The average molecular weight is 464 g/mol. The minimum atomic E-state index is -0.483. The van der Waals surface area contributed by atoms with Crippen LogP contribution in [0.5, 0.6) is 5.75 Å². The monoisotopic (exact) mass is 463 g/mol. The molecule has 0 unspecified atom stereocenters. The van der Waals surface area contributed by atoms with E-state index >= 15 is 0 Å². The summed E-state index contributed by atoms with van der Waals surface area (Å²) < 4.78 is 24.5. The second-order valence-electron chi connectivity index (χ2n) is 7.93. The van der Waals surface area contributed by atoms with Crippen LogP contribution in [0.2, 0.25) is 0 Å². The number of fused-ring (bicyclic) bond motifs is 1. The number of hydrogen-bond acceptors (Lipinski definition) is 4. The fourth-order valence-electron chi connectivity index (χ4n) is 3.88. The molecule has 1 aromatic heterocycles. The maximum atomic E-state index is 13.7. The Kier molecular flexibility index (Phi) is 6.48. The minimum Gasteiger partial charge on any atom is -0.487 e. The Morgan fingerprint density at radius 1 is 0.714 bits per heavy atom. The van der Waals surface area contributed by atoms with E-state index in [9.17, 15) is 9.18 Å². The van der Waals surface area contributed by atoms with E-state index in [-0.39, 0.29) is 19.0 Å². The number of carbonyl (C=O) groups is 1. The van der Waals surface area contributed by atoms with Crippen LogP contribution in [-0.4, -0.2) is 24.2 Å². The van der Waals surface area contributed by atoms with Crippen LogP contribution in [-0.2, 0) is 4.74 Å². The number of halogens is 1. The van der Waals surface area contributed by atoms with E-state index in [1.54, 1.807) is 18.2 Å². The molecule has 1 heterocycles. The number of pyridine rings is 1. The molecule has 0 N–H and O–H groups in total. The van der Waals surface area contributed by atoms with Crippen LogP contribution in [0.1, 0.15) is 10.4 Å². The van der Waals surface area contributed by atoms with Crippen LogP contribution in [0.15, 0.2) is 109 Å². The van der Waals surface area contributed by atoms with Gasteiger partial charge in [-0.15, -0.1) is 0 Å². The SMILES string of the molecule is O=C(OCCOc1ccccc1F)c1cc(-c2ccc(-c3ccccc3)cc2)nc2ccccc12. The molecular weight excluding hydrogens is 441 g/mol. The maximum absolute atomic E-state index is 13.7. The molecule has 5 aromatic rings. The number of ether oxygens (including phenoxy) is 2. The Morgan fingerprint density at radius 2 is 1.37 bits per heavy atom. The lowest BCUT2D eigenvalue weighted by atomic mass is 10.0. The molecule has 4 nitrogen and oxygen atoms in total. The molecule has 0 fully saturated rings. The Bertz CT molecular complexity index is 1470. The lowest BCUT2D eigenvalue weighted by Gasteiger charge is -2.11. The standard InChI is InChI=1S/C30H22FNO3/c31-26-11-5-7-13-29(26)34-18-19-35-30(33)25-20-28(32-27-12-6-4-10-24(25)27)23-16-14-22(15-17-23)21-8-2-1-3-9-21/h1-17,20H,18-19H2. The van der Waals surface area contributed by atoms with Crippen molar-refractivity contribution < 1.29 is 18.7 Å². The molecule has 0 aliphatic carbocycles. The molecule has 0 saturated heterocycles. The van der Waals surface area contributed by atoms with Crippen molar-refractivity contribution in [2.24, 2.45) is 0 Å². The molecule has 5 rings (SSSR count). The van der Waals surface area contributed by atoms with Crippen molar-refractivity contribution in [1.29, 1.82) is 0 Å². The van der Waals surface area contributed by atoms with Crippen molar-refractivity contribution in [2.75, 3.05) is 13.2 Å². The molecule has 0 atom stereocenters. The number of rotatable bonds is 7. The lowest BCUT2D eigenvalue weighted by molar-refractivity contribution is 0.0450. The third-order valence-corrected chi connectivity index (χ3v) is 5.63. The van der Waals surface area contributed by atoms with Gasteiger partial charge in [-0.05, 0) is 35.4 Å². The highest BCUT2D eigenvalue weighted by Crippen LogP contribution is 2.28. The van der Waals surface area contributed by atoms with Gasteiger partial charge in [-0.2, -0.15) is 0 Å². The van der Waals surface area contributed by atoms with Gasteiger partial charge in [0.2, 0.25) is 0 Å². The van der Waals surface area contributed by atoms with Crippen molar-refractivity contribution in [3.8, 4) is 28.1 Å². The molecule has 0 aliphatic heterocycles. The molecule has 0 amide bonds. The Labute approximate surface area is 202 Å². The summed E-state index contributed by atoms with van der Waals surface area (Å²) in [5.74, 6) is -0.816. The Morgan fingerprint density at radius 3 is 2.17 bits per heavy atom. The number of benzene rings is 4. The van der Waals surface area contributed by atoms with Gasteiger partial charge in [-0.25, -0.2) is 14.2 Å². The zero-order valence-electron chi connectivity index (χ0n) is 18.9. The highest BCUT2D eigenvalue weighted by atomic mass is 19.1. The van der Waals surface area contributed by atoms with E-state index in [0.717, 1.165) is 16.7 Å². The number of para-hydroxylation sites is 2. The van der Waals surface area contributed by atoms with Crippen LogP contribution >= 0.6 is 0 Å². The number of hydrogen-bond donors (Lipinski definition) is 0. The van der Waals surface area contributed by atoms with Crippen molar-refractivity contribution in [3.63, 3.8) is 0 Å². The fourth-order valence-corrected chi connectivity index (χ4v) is 3.88. The summed E-state index contributed by atoms with van der Waals surface area (Å²) in [6.07, 6.45) is 0. The van der Waals surface area contributed by atoms with Gasteiger partial charge in [-0.1, -0.05) is 84.9 Å². The van der Waals surface area contributed by atoms with E-state index in [4.69, 9.17) is 14.5 Å². The van der Waals surface area contributed by atoms with Gasteiger partial charge in [0.1, 0.15) is 13.2 Å². The molecule has 0 aliphatic rings. The predicted molar refractivity (Wildman–Crippen MR) is 135 cm³/mol. The highest BCUT2D eigenvalue weighted by molar-refractivity contribution is 6.04. The second kappa shape index (κ2) is 10.2. The normalized spacial score (nSPS) is 10.8. The van der Waals surface area contributed by atoms with Crippen LogP contribution < -0.4 is 4.74 Å². The molecule has 0 radical (unpaired) electrons. The Balaban J connectivity index is 1.36. The first-order chi connectivity index (χ1) is 17.2. The summed E-state index contributed by atoms with van der Waals surface area (Å²) in [4.78, 5) is 17.7. The van der Waals surface area contributed by atoms with E-state index in [1.807, 2.05) is 66.7 Å². The summed E-state index contributed by atoms with van der Waals surface area (Å²) >= 11 is 0. The summed E-state index contributed by atoms with van der Waals surface area (Å²) in [6, 6.07) is 33.5. The molecule has 0 spiro atoms. The van der Waals surface area contributed by atoms with E-state index < -0.39 is 11.8 Å². The predicted octanol–water partition coefficient (Wildman–Crippen LogP) is 6.94. The maximum Gasteiger partial charge on any atom is 0.339 e. The molecule has 0 saturated carbocycles. The zero-order valence-corrected chi connectivity index (χ0v) is 18.9. The number of esters is 1. The molecule has 4 aromatic carbocycles. The largest absolute Gasteiger partial charge is 0.487 e. The third kappa shape index (κ3) is 5.04. The first-order valence-corrected chi connectivity index (χ1v) is 11.3. The first kappa shape index (κ1) is 22.3. The number of nitrogens with zero attached hydrogens (tertiary/aromatic N) is 1. The first-order valence-electron chi connectivity index (χ1n) is 11.3. The lowest BCUT2D eigenvalue weighted by Crippen LogP contribution is -2.13. The van der Waals surface area contributed by atoms with E-state index in [1.165, 1.54) is 12.1 Å². The smallest absolute Gasteiger partial charge is 0.339 e. The van der Waals surface area contributed by atoms with Gasteiger partial charge < -0.3 is 9.47 Å². The van der Waals surface area contributed by atoms with Crippen LogP contribution in [0.4, 0.5) is 4.39 Å². The van der Waals surface area contributed by atoms with E-state index in [2.05, 4.69) is 12.1 Å². The minimum absolute atomic E-state index is 0.00900. The van der Waals surface area contributed by atoms with Crippen LogP contribution in [0.3, 0.4) is 0 Å². The van der Waals surface area contributed by atoms with Crippen LogP contribution in [0, 0.1) is 5.82 Å². The zero-order chi connectivity index (χ0) is 24.0. The number of aromatic nitrogens is 1. The van der Waals surface area contributed by atoms with Crippen LogP contribution in [0.25, 0.3) is 33.3 Å². The molecular formula is C30H22FNO3. The third-order valence-electron chi connectivity index (χ3n) is 5.63. The van der Waals surface area contributed by atoms with Gasteiger partial charge >= 0.3 is 5.97 Å². The molecule has 0 bridgehead atoms. The quantitative estimate of drug-likeness (QED) is 0.194. The average Bonchev–Trinajstić information content (AvgIpc) is 2.92. The topological polar surface area (TPSA) is 48.4 Å². The summed E-state index contributed by atoms with van der Waals surface area (Å²) in [6.45, 7) is 0.0361. The van der Waals surface area contributed by atoms with Crippen molar-refractivity contribution >= 4 is 16.9 Å². The van der Waals surface area contributed by atoms with Crippen molar-refractivity contribution in [1.82, 2.24) is 4.98 Å². The number of carbonyl (C=O) groups excluding carboxylic acids is 1. The summed E-state index contributed by atoms with van der Waals surface area (Å²) in [5, 5.41) is 0.706. The molecule has 5 heteroatoms. The van der Waals surface area contributed by atoms with Gasteiger partial charge in [0.25, 0.3) is 0 Å². The van der Waals surface area contributed by atoms with Gasteiger partial charge in [0, 0.05) is 10.9 Å². The molecule has 172 valence electrons. The van der Waals surface area contributed by atoms with Crippen molar-refractivity contribution in [2.45, 2.75) is 0 Å². The van der Waals surface area contributed by atoms with E-state index in [0.29, 0.717) is 22.2 Å². The van der Waals surface area contributed by atoms with Gasteiger partial charge in [0.05, 0.1) is 16.8 Å². The summed E-state index contributed by atoms with van der Waals surface area (Å²) in [5.41, 5.74) is 4.93.